The van der Waals surface area contributed by atoms with Crippen molar-refractivity contribution in [1.82, 2.24) is 24.6 Å². The van der Waals surface area contributed by atoms with E-state index in [1.807, 2.05) is 27.3 Å². The van der Waals surface area contributed by atoms with Crippen molar-refractivity contribution in [3.05, 3.63) is 34.0 Å². The Balaban J connectivity index is 1.35. The molecule has 2 aliphatic rings. The van der Waals surface area contributed by atoms with E-state index in [0.29, 0.717) is 37.8 Å². The Morgan fingerprint density at radius 3 is 2.59 bits per heavy atom. The molecule has 0 radical (unpaired) electrons. The minimum atomic E-state index is 0.153. The average molecular weight is 416 g/mol. The fourth-order valence-electron chi connectivity index (χ4n) is 4.23. The molecule has 2 aromatic rings. The van der Waals surface area contributed by atoms with Gasteiger partial charge >= 0.3 is 0 Å². The van der Waals surface area contributed by atoms with Crippen LogP contribution in [-0.4, -0.2) is 56.0 Å². The van der Waals surface area contributed by atoms with Crippen LogP contribution in [-0.2, 0) is 29.1 Å². The molecule has 8 heteroatoms. The van der Waals surface area contributed by atoms with Gasteiger partial charge in [0.1, 0.15) is 5.82 Å². The fraction of sp³-hybridized carbons (Fsp3) is 0.619. The number of rotatable bonds is 5. The molecule has 0 spiro atoms. The number of thiophene rings is 1. The molecule has 0 aromatic carbocycles. The van der Waals surface area contributed by atoms with Crippen LogP contribution in [0.15, 0.2) is 17.5 Å². The Morgan fingerprint density at radius 2 is 1.90 bits per heavy atom. The Kier molecular flexibility index (Phi) is 5.99. The normalized spacial score (nSPS) is 17.6. The molecule has 0 N–H and O–H groups in total. The molecule has 1 fully saturated rings. The predicted octanol–water partition coefficient (Wildman–Crippen LogP) is 2.68. The van der Waals surface area contributed by atoms with Crippen molar-refractivity contribution in [3.8, 4) is 0 Å². The number of carbonyl (C=O) groups is 2. The molecule has 0 unspecified atom stereocenters. The van der Waals surface area contributed by atoms with Gasteiger partial charge in [0.25, 0.3) is 0 Å². The molecular weight excluding hydrogens is 386 g/mol. The van der Waals surface area contributed by atoms with Gasteiger partial charge in [-0.25, -0.2) is 0 Å². The van der Waals surface area contributed by atoms with Gasteiger partial charge in [-0.3, -0.25) is 9.59 Å². The molecule has 2 aromatic heterocycles. The number of nitrogens with zero attached hydrogens (tertiary/aromatic N) is 5. The van der Waals surface area contributed by atoms with Gasteiger partial charge in [0.05, 0.1) is 13.0 Å². The van der Waals surface area contributed by atoms with Crippen molar-refractivity contribution in [2.45, 2.75) is 58.5 Å². The molecule has 0 saturated carbocycles. The monoisotopic (exact) mass is 415 g/mol. The summed E-state index contributed by atoms with van der Waals surface area (Å²) in [5, 5.41) is 10.9. The van der Waals surface area contributed by atoms with Gasteiger partial charge in [-0.1, -0.05) is 19.9 Å². The van der Waals surface area contributed by atoms with Crippen LogP contribution in [0.2, 0.25) is 0 Å². The van der Waals surface area contributed by atoms with Crippen LogP contribution in [0.1, 0.15) is 55.6 Å². The van der Waals surface area contributed by atoms with Crippen molar-refractivity contribution in [3.63, 3.8) is 0 Å². The van der Waals surface area contributed by atoms with Crippen molar-refractivity contribution < 1.29 is 9.59 Å². The third-order valence-corrected chi connectivity index (χ3v) is 6.71. The maximum absolute atomic E-state index is 12.6. The zero-order valence-corrected chi connectivity index (χ0v) is 18.0. The van der Waals surface area contributed by atoms with Crippen molar-refractivity contribution in [2.75, 3.05) is 19.6 Å². The summed E-state index contributed by atoms with van der Waals surface area (Å²) in [7, 11) is 0. The van der Waals surface area contributed by atoms with Crippen molar-refractivity contribution in [1.29, 1.82) is 0 Å². The van der Waals surface area contributed by atoms with Crippen LogP contribution in [0.3, 0.4) is 0 Å². The molecular formula is C21H29N5O2S. The SMILES string of the molecule is CC(C)CC(=O)N1CCC(c2nnc3n2CCN(C(=O)Cc2cccs2)C3)CC1. The second-order valence-electron chi connectivity index (χ2n) is 8.45. The van der Waals surface area contributed by atoms with E-state index in [1.165, 1.54) is 0 Å². The summed E-state index contributed by atoms with van der Waals surface area (Å²) in [6.07, 6.45) is 2.95. The van der Waals surface area contributed by atoms with E-state index < -0.39 is 0 Å². The zero-order chi connectivity index (χ0) is 20.4. The van der Waals surface area contributed by atoms with Crippen LogP contribution in [0, 0.1) is 5.92 Å². The third kappa shape index (κ3) is 4.52. The molecule has 156 valence electrons. The maximum Gasteiger partial charge on any atom is 0.228 e. The van der Waals surface area contributed by atoms with Gasteiger partial charge in [-0.2, -0.15) is 0 Å². The number of fused-ring (bicyclic) bond motifs is 1. The largest absolute Gasteiger partial charge is 0.343 e. The lowest BCUT2D eigenvalue weighted by Gasteiger charge is -2.33. The highest BCUT2D eigenvalue weighted by Gasteiger charge is 2.31. The summed E-state index contributed by atoms with van der Waals surface area (Å²) in [4.78, 5) is 29.9. The number of hydrogen-bond donors (Lipinski definition) is 0. The Hall–Kier alpha value is -2.22. The Labute approximate surface area is 175 Å². The van der Waals surface area contributed by atoms with Gasteiger partial charge in [-0.15, -0.1) is 21.5 Å². The van der Waals surface area contributed by atoms with Gasteiger partial charge < -0.3 is 14.4 Å². The third-order valence-electron chi connectivity index (χ3n) is 5.84. The van der Waals surface area contributed by atoms with Crippen molar-refractivity contribution >= 4 is 23.2 Å². The molecule has 29 heavy (non-hydrogen) atoms. The summed E-state index contributed by atoms with van der Waals surface area (Å²) in [5.41, 5.74) is 0. The smallest absolute Gasteiger partial charge is 0.228 e. The van der Waals surface area contributed by atoms with Crippen molar-refractivity contribution in [2.24, 2.45) is 5.92 Å². The topological polar surface area (TPSA) is 71.3 Å². The lowest BCUT2D eigenvalue weighted by molar-refractivity contribution is -0.133. The highest BCUT2D eigenvalue weighted by molar-refractivity contribution is 7.10. The van der Waals surface area contributed by atoms with E-state index in [2.05, 4.69) is 28.6 Å². The van der Waals surface area contributed by atoms with Crippen LogP contribution < -0.4 is 0 Å². The number of aromatic nitrogens is 3. The van der Waals surface area contributed by atoms with Gasteiger partial charge in [-0.05, 0) is 30.2 Å². The lowest BCUT2D eigenvalue weighted by atomic mass is 9.95. The van der Waals surface area contributed by atoms with Crippen LogP contribution in [0.25, 0.3) is 0 Å². The first-order chi connectivity index (χ1) is 14.0. The predicted molar refractivity (Wildman–Crippen MR) is 111 cm³/mol. The molecule has 7 nitrogen and oxygen atoms in total. The summed E-state index contributed by atoms with van der Waals surface area (Å²) in [6, 6.07) is 3.99. The maximum atomic E-state index is 12.6. The molecule has 0 bridgehead atoms. The molecule has 1 saturated heterocycles. The minimum Gasteiger partial charge on any atom is -0.343 e. The van der Waals surface area contributed by atoms with Crippen LogP contribution >= 0.6 is 11.3 Å². The van der Waals surface area contributed by atoms with Gasteiger partial charge in [0, 0.05) is 43.4 Å². The van der Waals surface area contributed by atoms with Crippen LogP contribution in [0.5, 0.6) is 0 Å². The molecule has 2 amide bonds. The molecule has 0 aliphatic carbocycles. The summed E-state index contributed by atoms with van der Waals surface area (Å²) < 4.78 is 2.20. The summed E-state index contributed by atoms with van der Waals surface area (Å²) in [6.45, 7) is 7.74. The average Bonchev–Trinajstić information content (AvgIpc) is 3.36. The van der Waals surface area contributed by atoms with Gasteiger partial charge in [0.2, 0.25) is 11.8 Å². The molecule has 4 heterocycles. The van der Waals surface area contributed by atoms with E-state index in [4.69, 9.17) is 0 Å². The number of amides is 2. The van der Waals surface area contributed by atoms with E-state index >= 15 is 0 Å². The summed E-state index contributed by atoms with van der Waals surface area (Å²) in [5.74, 6) is 3.06. The van der Waals surface area contributed by atoms with Crippen LogP contribution in [0.4, 0.5) is 0 Å². The fourth-order valence-corrected chi connectivity index (χ4v) is 4.93. The zero-order valence-electron chi connectivity index (χ0n) is 17.2. The highest BCUT2D eigenvalue weighted by atomic mass is 32.1. The first kappa shape index (κ1) is 20.1. The van der Waals surface area contributed by atoms with E-state index in [0.717, 1.165) is 49.0 Å². The second-order valence-corrected chi connectivity index (χ2v) is 9.48. The molecule has 0 atom stereocenters. The number of carbonyl (C=O) groups excluding carboxylic acids is 2. The standard InChI is InChI=1S/C21H29N5O2S/c1-15(2)12-19(27)24-7-5-16(6-8-24)21-23-22-18-14-25(9-10-26(18)21)20(28)13-17-4-3-11-29-17/h3-4,11,15-16H,5-10,12-14H2,1-2H3. The van der Waals surface area contributed by atoms with E-state index in [1.54, 1.807) is 11.3 Å². The van der Waals surface area contributed by atoms with Gasteiger partial charge in [0.15, 0.2) is 5.82 Å². The quantitative estimate of drug-likeness (QED) is 0.753. The first-order valence-corrected chi connectivity index (χ1v) is 11.4. The molecule has 2 aliphatic heterocycles. The molecule has 4 rings (SSSR count). The Bertz CT molecular complexity index is 853. The van der Waals surface area contributed by atoms with E-state index in [-0.39, 0.29) is 11.8 Å². The van der Waals surface area contributed by atoms with E-state index in [9.17, 15) is 9.59 Å². The Morgan fingerprint density at radius 1 is 1.10 bits per heavy atom. The summed E-state index contributed by atoms with van der Waals surface area (Å²) >= 11 is 1.62. The first-order valence-electron chi connectivity index (χ1n) is 10.5. The number of likely N-dealkylation sites (tertiary alicyclic amines) is 1. The highest BCUT2D eigenvalue weighted by Crippen LogP contribution is 2.29. The second kappa shape index (κ2) is 8.65. The number of piperidine rings is 1. The minimum absolute atomic E-state index is 0.153. The lowest BCUT2D eigenvalue weighted by Crippen LogP contribution is -2.41. The number of hydrogen-bond acceptors (Lipinski definition) is 5.